The highest BCUT2D eigenvalue weighted by atomic mass is 16.5. The van der Waals surface area contributed by atoms with E-state index in [2.05, 4.69) is 20.8 Å². The molecule has 0 unspecified atom stereocenters. The number of rotatable bonds is 4. The van der Waals surface area contributed by atoms with E-state index in [1.165, 1.54) is 11.9 Å². The van der Waals surface area contributed by atoms with E-state index in [0.29, 0.717) is 24.6 Å². The summed E-state index contributed by atoms with van der Waals surface area (Å²) in [5.41, 5.74) is 4.65. The maximum Gasteiger partial charge on any atom is 0.322 e. The monoisotopic (exact) mass is 394 g/mol. The fourth-order valence-corrected chi connectivity index (χ4v) is 3.53. The number of hydrogen-bond acceptors (Lipinski definition) is 6. The van der Waals surface area contributed by atoms with Crippen molar-refractivity contribution in [2.24, 2.45) is 0 Å². The van der Waals surface area contributed by atoms with Crippen molar-refractivity contribution in [2.75, 3.05) is 26.1 Å². The van der Waals surface area contributed by atoms with Crippen LogP contribution in [0.5, 0.6) is 11.5 Å². The van der Waals surface area contributed by atoms with E-state index >= 15 is 0 Å². The third kappa shape index (κ3) is 3.58. The Morgan fingerprint density at radius 3 is 2.59 bits per heavy atom. The first-order valence-electron chi connectivity index (χ1n) is 9.23. The molecule has 150 valence electrons. The molecule has 2 aromatic carbocycles. The molecular formula is C20H22N6O3. The smallest absolute Gasteiger partial charge is 0.322 e. The number of hydrogen-bond donors (Lipinski definition) is 1. The minimum atomic E-state index is -0.151. The molecule has 0 fully saturated rings. The molecule has 1 aromatic heterocycles. The van der Waals surface area contributed by atoms with Crippen molar-refractivity contribution in [1.29, 1.82) is 0 Å². The normalized spacial score (nSPS) is 13.0. The fraction of sp³-hybridized carbons (Fsp3) is 0.300. The second-order valence-corrected chi connectivity index (χ2v) is 6.78. The summed E-state index contributed by atoms with van der Waals surface area (Å²) in [4.78, 5) is 14.7. The lowest BCUT2D eigenvalue weighted by atomic mass is 9.99. The summed E-state index contributed by atoms with van der Waals surface area (Å²) in [6, 6.07) is 9.41. The van der Waals surface area contributed by atoms with Crippen LogP contribution in [0.1, 0.15) is 16.7 Å². The van der Waals surface area contributed by atoms with Crippen LogP contribution < -0.4 is 14.8 Å². The fourth-order valence-electron chi connectivity index (χ4n) is 3.53. The highest BCUT2D eigenvalue weighted by Crippen LogP contribution is 2.33. The Kier molecular flexibility index (Phi) is 5.03. The van der Waals surface area contributed by atoms with Crippen LogP contribution in [0.3, 0.4) is 0 Å². The van der Waals surface area contributed by atoms with Crippen molar-refractivity contribution in [2.45, 2.75) is 19.9 Å². The molecule has 9 heteroatoms. The van der Waals surface area contributed by atoms with Crippen LogP contribution in [-0.4, -0.2) is 51.9 Å². The predicted molar refractivity (Wildman–Crippen MR) is 107 cm³/mol. The first-order valence-corrected chi connectivity index (χ1v) is 9.23. The first-order chi connectivity index (χ1) is 14.1. The quantitative estimate of drug-likeness (QED) is 0.731. The molecule has 3 aromatic rings. The number of tetrazole rings is 1. The van der Waals surface area contributed by atoms with Crippen molar-refractivity contribution in [3.05, 3.63) is 53.3 Å². The molecule has 2 heterocycles. The van der Waals surface area contributed by atoms with Crippen LogP contribution in [0.25, 0.3) is 5.69 Å². The summed E-state index contributed by atoms with van der Waals surface area (Å²) in [5.74, 6) is 1.37. The molecule has 4 rings (SSSR count). The molecule has 29 heavy (non-hydrogen) atoms. The Hall–Kier alpha value is -3.62. The van der Waals surface area contributed by atoms with Gasteiger partial charge in [-0.25, -0.2) is 9.48 Å². The molecule has 0 spiro atoms. The van der Waals surface area contributed by atoms with E-state index in [1.807, 2.05) is 37.3 Å². The lowest BCUT2D eigenvalue weighted by Gasteiger charge is -2.30. The van der Waals surface area contributed by atoms with E-state index in [0.717, 1.165) is 28.9 Å². The van der Waals surface area contributed by atoms with Crippen LogP contribution in [-0.2, 0) is 13.0 Å². The molecule has 0 radical (unpaired) electrons. The van der Waals surface area contributed by atoms with Gasteiger partial charge < -0.3 is 19.7 Å². The van der Waals surface area contributed by atoms with Crippen LogP contribution in [0.2, 0.25) is 0 Å². The summed E-state index contributed by atoms with van der Waals surface area (Å²) >= 11 is 0. The SMILES string of the molecule is COc1cc2c(cc1OC)CN(C(=O)Nc1cccc(-n3cnnn3)c1C)CC2. The maximum absolute atomic E-state index is 12.9. The zero-order chi connectivity index (χ0) is 20.4. The van der Waals surface area contributed by atoms with E-state index in [4.69, 9.17) is 9.47 Å². The number of anilines is 1. The van der Waals surface area contributed by atoms with Gasteiger partial charge >= 0.3 is 6.03 Å². The van der Waals surface area contributed by atoms with Crippen LogP contribution in [0.4, 0.5) is 10.5 Å². The Bertz CT molecular complexity index is 1030. The van der Waals surface area contributed by atoms with Gasteiger partial charge in [0.05, 0.1) is 19.9 Å². The number of fused-ring (bicyclic) bond motifs is 1. The van der Waals surface area contributed by atoms with Crippen LogP contribution >= 0.6 is 0 Å². The second kappa shape index (κ2) is 7.78. The van der Waals surface area contributed by atoms with Gasteiger partial charge in [0.1, 0.15) is 6.33 Å². The average molecular weight is 394 g/mol. The molecule has 0 atom stereocenters. The third-order valence-corrected chi connectivity index (χ3v) is 5.15. The Morgan fingerprint density at radius 1 is 1.14 bits per heavy atom. The minimum Gasteiger partial charge on any atom is -0.493 e. The van der Waals surface area contributed by atoms with Crippen molar-refractivity contribution in [1.82, 2.24) is 25.1 Å². The number of ether oxygens (including phenoxy) is 2. The Morgan fingerprint density at radius 2 is 1.90 bits per heavy atom. The molecule has 1 aliphatic rings. The van der Waals surface area contributed by atoms with Crippen molar-refractivity contribution in [3.63, 3.8) is 0 Å². The summed E-state index contributed by atoms with van der Waals surface area (Å²) in [6.07, 6.45) is 2.28. The van der Waals surface area contributed by atoms with E-state index in [1.54, 1.807) is 23.8 Å². The minimum absolute atomic E-state index is 0.151. The Balaban J connectivity index is 1.53. The lowest BCUT2D eigenvalue weighted by Crippen LogP contribution is -2.39. The number of nitrogens with zero attached hydrogens (tertiary/aromatic N) is 5. The largest absolute Gasteiger partial charge is 0.493 e. The average Bonchev–Trinajstić information content (AvgIpc) is 3.28. The summed E-state index contributed by atoms with van der Waals surface area (Å²) in [6.45, 7) is 3.06. The van der Waals surface area contributed by atoms with Crippen molar-refractivity contribution in [3.8, 4) is 17.2 Å². The van der Waals surface area contributed by atoms with Crippen LogP contribution in [0.15, 0.2) is 36.7 Å². The number of benzene rings is 2. The Labute approximate surface area is 168 Å². The number of carbonyl (C=O) groups is 1. The van der Waals surface area contributed by atoms with Gasteiger partial charge in [0.25, 0.3) is 0 Å². The molecule has 0 saturated heterocycles. The molecule has 9 nitrogen and oxygen atoms in total. The molecule has 0 aliphatic carbocycles. The molecule has 1 aliphatic heterocycles. The van der Waals surface area contributed by atoms with Crippen LogP contribution in [0, 0.1) is 6.92 Å². The molecule has 0 saturated carbocycles. The zero-order valence-electron chi connectivity index (χ0n) is 16.5. The van der Waals surface area contributed by atoms with Gasteiger partial charge in [-0.1, -0.05) is 6.07 Å². The molecule has 2 amide bonds. The van der Waals surface area contributed by atoms with Gasteiger partial charge in [-0.3, -0.25) is 0 Å². The number of methoxy groups -OCH3 is 2. The maximum atomic E-state index is 12.9. The first kappa shape index (κ1) is 18.7. The van der Waals surface area contributed by atoms with Gasteiger partial charge in [0.2, 0.25) is 0 Å². The van der Waals surface area contributed by atoms with E-state index in [9.17, 15) is 4.79 Å². The summed E-state index contributed by atoms with van der Waals surface area (Å²) in [5, 5.41) is 14.3. The van der Waals surface area contributed by atoms with Crippen molar-refractivity contribution < 1.29 is 14.3 Å². The number of carbonyl (C=O) groups excluding carboxylic acids is 1. The zero-order valence-corrected chi connectivity index (χ0v) is 16.5. The third-order valence-electron chi connectivity index (χ3n) is 5.15. The number of aromatic nitrogens is 4. The van der Waals surface area contributed by atoms with Gasteiger partial charge in [-0.2, -0.15) is 0 Å². The van der Waals surface area contributed by atoms with Gasteiger partial charge in [-0.15, -0.1) is 5.10 Å². The van der Waals surface area contributed by atoms with Gasteiger partial charge in [-0.05, 0) is 64.7 Å². The van der Waals surface area contributed by atoms with E-state index in [-0.39, 0.29) is 6.03 Å². The number of nitrogens with one attached hydrogen (secondary N) is 1. The molecule has 1 N–H and O–H groups in total. The number of urea groups is 1. The number of amides is 2. The van der Waals surface area contributed by atoms with Crippen molar-refractivity contribution >= 4 is 11.7 Å². The molecular weight excluding hydrogens is 372 g/mol. The standard InChI is InChI=1S/C20H22N6O3/c1-13-16(5-4-6-17(13)26-12-21-23-24-26)22-20(27)25-8-7-14-9-18(28-2)19(29-3)10-15(14)11-25/h4-6,9-10,12H,7-8,11H2,1-3H3,(H,22,27). The highest BCUT2D eigenvalue weighted by Gasteiger charge is 2.23. The molecule has 0 bridgehead atoms. The van der Waals surface area contributed by atoms with Gasteiger partial charge in [0.15, 0.2) is 11.5 Å². The highest BCUT2D eigenvalue weighted by molar-refractivity contribution is 5.91. The topological polar surface area (TPSA) is 94.4 Å². The second-order valence-electron chi connectivity index (χ2n) is 6.78. The summed E-state index contributed by atoms with van der Waals surface area (Å²) in [7, 11) is 3.23. The lowest BCUT2D eigenvalue weighted by molar-refractivity contribution is 0.206. The predicted octanol–water partition coefficient (Wildman–Crippen LogP) is 2.58. The summed E-state index contributed by atoms with van der Waals surface area (Å²) < 4.78 is 12.3. The van der Waals surface area contributed by atoms with Gasteiger partial charge in [0, 0.05) is 18.8 Å². The van der Waals surface area contributed by atoms with E-state index < -0.39 is 0 Å².